The number of fused-ring (bicyclic) bond motifs is 1. The molecule has 9 heteroatoms. The van der Waals surface area contributed by atoms with Crippen molar-refractivity contribution in [3.05, 3.63) is 80.6 Å². The summed E-state index contributed by atoms with van der Waals surface area (Å²) in [4.78, 5) is 26.3. The standard InChI is InChI=1S/C22H18Cl2N4O2S/c23-15-6-3-4-13(8-15)9-20(30)26-21-17-10-16(31-22(17)28-27-21)11-19(29)25-12-14-5-1-2-7-18(14)24/h1-8,10H,9,11-12H2,(H,25,29)(H2,26,27,28,30). The van der Waals surface area contributed by atoms with Crippen molar-refractivity contribution in [3.8, 4) is 0 Å². The molecule has 4 rings (SSSR count). The molecular formula is C22H18Cl2N4O2S. The number of amides is 2. The van der Waals surface area contributed by atoms with Crippen LogP contribution in [0.5, 0.6) is 0 Å². The first-order chi connectivity index (χ1) is 15.0. The molecule has 3 N–H and O–H groups in total. The Hall–Kier alpha value is -2.87. The van der Waals surface area contributed by atoms with Crippen molar-refractivity contribution in [3.63, 3.8) is 0 Å². The van der Waals surface area contributed by atoms with Crippen LogP contribution < -0.4 is 10.6 Å². The van der Waals surface area contributed by atoms with E-state index in [1.54, 1.807) is 24.3 Å². The molecular weight excluding hydrogens is 455 g/mol. The second kappa shape index (κ2) is 9.51. The van der Waals surface area contributed by atoms with Crippen LogP contribution in [-0.2, 0) is 29.0 Å². The van der Waals surface area contributed by atoms with Gasteiger partial charge in [-0.2, -0.15) is 5.10 Å². The Morgan fingerprint density at radius 3 is 2.65 bits per heavy atom. The average molecular weight is 473 g/mol. The molecule has 0 spiro atoms. The fraction of sp³-hybridized carbons (Fsp3) is 0.136. The van der Waals surface area contributed by atoms with Crippen molar-refractivity contribution >= 4 is 62.4 Å². The highest BCUT2D eigenvalue weighted by Gasteiger charge is 2.15. The van der Waals surface area contributed by atoms with E-state index in [0.29, 0.717) is 22.4 Å². The summed E-state index contributed by atoms with van der Waals surface area (Å²) in [5.74, 6) is 0.221. The summed E-state index contributed by atoms with van der Waals surface area (Å²) in [5.41, 5.74) is 1.69. The molecule has 0 aliphatic rings. The van der Waals surface area contributed by atoms with Gasteiger partial charge in [-0.15, -0.1) is 11.3 Å². The van der Waals surface area contributed by atoms with Crippen LogP contribution in [0.2, 0.25) is 10.0 Å². The fourth-order valence-electron chi connectivity index (χ4n) is 3.12. The van der Waals surface area contributed by atoms with E-state index in [1.807, 2.05) is 30.3 Å². The molecule has 4 aromatic rings. The molecule has 2 aromatic carbocycles. The summed E-state index contributed by atoms with van der Waals surface area (Å²) in [6.45, 7) is 0.368. The van der Waals surface area contributed by atoms with Gasteiger partial charge < -0.3 is 10.6 Å². The van der Waals surface area contributed by atoms with Crippen LogP contribution in [0, 0.1) is 0 Å². The molecule has 0 fully saturated rings. The maximum atomic E-state index is 12.4. The van der Waals surface area contributed by atoms with Crippen LogP contribution >= 0.6 is 34.5 Å². The number of H-pyrrole nitrogens is 1. The van der Waals surface area contributed by atoms with Gasteiger partial charge in [0.15, 0.2) is 0 Å². The Morgan fingerprint density at radius 2 is 1.84 bits per heavy atom. The van der Waals surface area contributed by atoms with Crippen LogP contribution in [0.15, 0.2) is 54.6 Å². The van der Waals surface area contributed by atoms with Gasteiger partial charge in [0.1, 0.15) is 10.6 Å². The molecule has 0 saturated carbocycles. The van der Waals surface area contributed by atoms with Crippen LogP contribution in [0.1, 0.15) is 16.0 Å². The minimum Gasteiger partial charge on any atom is -0.352 e. The molecule has 0 saturated heterocycles. The number of carbonyl (C=O) groups is 2. The van der Waals surface area contributed by atoms with Crippen LogP contribution in [0.3, 0.4) is 0 Å². The van der Waals surface area contributed by atoms with Crippen molar-refractivity contribution in [2.75, 3.05) is 5.32 Å². The van der Waals surface area contributed by atoms with E-state index >= 15 is 0 Å². The lowest BCUT2D eigenvalue weighted by molar-refractivity contribution is -0.120. The lowest BCUT2D eigenvalue weighted by Gasteiger charge is -2.06. The van der Waals surface area contributed by atoms with Crippen LogP contribution in [0.4, 0.5) is 5.82 Å². The minimum atomic E-state index is -0.182. The third kappa shape index (κ3) is 5.44. The maximum absolute atomic E-state index is 12.4. The van der Waals surface area contributed by atoms with Gasteiger partial charge >= 0.3 is 0 Å². The number of anilines is 1. The summed E-state index contributed by atoms with van der Waals surface area (Å²) in [6, 6.07) is 16.4. The molecule has 0 unspecified atom stereocenters. The van der Waals surface area contributed by atoms with Crippen molar-refractivity contribution in [1.29, 1.82) is 0 Å². The van der Waals surface area contributed by atoms with Gasteiger partial charge in [0, 0.05) is 21.5 Å². The number of rotatable bonds is 7. The normalized spacial score (nSPS) is 10.9. The number of carbonyl (C=O) groups excluding carboxylic acids is 2. The lowest BCUT2D eigenvalue weighted by atomic mass is 10.1. The number of hydrogen-bond donors (Lipinski definition) is 3. The maximum Gasteiger partial charge on any atom is 0.229 e. The first kappa shape index (κ1) is 21.4. The van der Waals surface area contributed by atoms with Crippen molar-refractivity contribution in [2.45, 2.75) is 19.4 Å². The van der Waals surface area contributed by atoms with E-state index in [0.717, 1.165) is 26.2 Å². The Balaban J connectivity index is 1.37. The summed E-state index contributed by atoms with van der Waals surface area (Å²) >= 11 is 13.5. The summed E-state index contributed by atoms with van der Waals surface area (Å²) < 4.78 is 0. The zero-order valence-corrected chi connectivity index (χ0v) is 18.6. The second-order valence-electron chi connectivity index (χ2n) is 6.93. The van der Waals surface area contributed by atoms with E-state index in [9.17, 15) is 9.59 Å². The number of aromatic nitrogens is 2. The first-order valence-corrected chi connectivity index (χ1v) is 11.1. The van der Waals surface area contributed by atoms with Gasteiger partial charge in [-0.05, 0) is 35.4 Å². The van der Waals surface area contributed by atoms with Crippen molar-refractivity contribution in [2.24, 2.45) is 0 Å². The third-order valence-corrected chi connectivity index (χ3v) is 6.22. The summed E-state index contributed by atoms with van der Waals surface area (Å²) in [5, 5.41) is 14.8. The smallest absolute Gasteiger partial charge is 0.229 e. The molecule has 0 aliphatic carbocycles. The van der Waals surface area contributed by atoms with Gasteiger partial charge in [-0.3, -0.25) is 14.7 Å². The van der Waals surface area contributed by atoms with E-state index in [-0.39, 0.29) is 24.7 Å². The molecule has 2 heterocycles. The zero-order chi connectivity index (χ0) is 21.8. The molecule has 0 aliphatic heterocycles. The highest BCUT2D eigenvalue weighted by Crippen LogP contribution is 2.29. The highest BCUT2D eigenvalue weighted by molar-refractivity contribution is 7.18. The SMILES string of the molecule is O=C(Cc1cc2c(NC(=O)Cc3cccc(Cl)c3)[nH]nc2s1)NCc1ccccc1Cl. The Bertz CT molecular complexity index is 1250. The number of benzene rings is 2. The molecule has 6 nitrogen and oxygen atoms in total. The van der Waals surface area contributed by atoms with Gasteiger partial charge in [-0.25, -0.2) is 0 Å². The number of thiophene rings is 1. The molecule has 158 valence electrons. The average Bonchev–Trinajstić information content (AvgIpc) is 3.28. The topological polar surface area (TPSA) is 86.9 Å². The third-order valence-electron chi connectivity index (χ3n) is 4.59. The highest BCUT2D eigenvalue weighted by atomic mass is 35.5. The quantitative estimate of drug-likeness (QED) is 0.354. The first-order valence-electron chi connectivity index (χ1n) is 9.49. The van der Waals surface area contributed by atoms with E-state index < -0.39 is 0 Å². The number of hydrogen-bond acceptors (Lipinski definition) is 4. The lowest BCUT2D eigenvalue weighted by Crippen LogP contribution is -2.24. The van der Waals surface area contributed by atoms with Crippen LogP contribution in [0.25, 0.3) is 10.2 Å². The molecule has 2 amide bonds. The summed E-state index contributed by atoms with van der Waals surface area (Å²) in [6.07, 6.45) is 0.421. The van der Waals surface area contributed by atoms with Gasteiger partial charge in [0.05, 0.1) is 18.2 Å². The van der Waals surface area contributed by atoms with Crippen molar-refractivity contribution < 1.29 is 9.59 Å². The Labute approximate surface area is 192 Å². The van der Waals surface area contributed by atoms with Gasteiger partial charge in [-0.1, -0.05) is 53.5 Å². The van der Waals surface area contributed by atoms with Gasteiger partial charge in [0.25, 0.3) is 0 Å². The number of halogens is 2. The van der Waals surface area contributed by atoms with E-state index in [2.05, 4.69) is 20.8 Å². The fourth-order valence-corrected chi connectivity index (χ4v) is 4.52. The number of aromatic amines is 1. The molecule has 31 heavy (non-hydrogen) atoms. The predicted molar refractivity (Wildman–Crippen MR) is 125 cm³/mol. The molecule has 2 aromatic heterocycles. The predicted octanol–water partition coefficient (Wildman–Crippen LogP) is 4.97. The van der Waals surface area contributed by atoms with E-state index in [1.165, 1.54) is 11.3 Å². The van der Waals surface area contributed by atoms with Crippen LogP contribution in [-0.4, -0.2) is 22.0 Å². The molecule has 0 radical (unpaired) electrons. The monoisotopic (exact) mass is 472 g/mol. The second-order valence-corrected chi connectivity index (χ2v) is 8.89. The Morgan fingerprint density at radius 1 is 1.00 bits per heavy atom. The molecule has 0 bridgehead atoms. The number of nitrogens with zero attached hydrogens (tertiary/aromatic N) is 1. The Kier molecular flexibility index (Phi) is 6.56. The minimum absolute atomic E-state index is 0.112. The zero-order valence-electron chi connectivity index (χ0n) is 16.2. The molecule has 0 atom stereocenters. The summed E-state index contributed by atoms with van der Waals surface area (Å²) in [7, 11) is 0. The van der Waals surface area contributed by atoms with Crippen molar-refractivity contribution in [1.82, 2.24) is 15.5 Å². The van der Waals surface area contributed by atoms with Gasteiger partial charge in [0.2, 0.25) is 11.8 Å². The van der Waals surface area contributed by atoms with E-state index in [4.69, 9.17) is 23.2 Å². The number of nitrogens with one attached hydrogen (secondary N) is 3. The largest absolute Gasteiger partial charge is 0.352 e.